The minimum Gasteiger partial charge on any atom is -0.387 e. The summed E-state index contributed by atoms with van der Waals surface area (Å²) in [5.74, 6) is -0.390. The zero-order chi connectivity index (χ0) is 16.4. The number of benzene rings is 1. The van der Waals surface area contributed by atoms with E-state index in [9.17, 15) is 21.6 Å². The molecule has 0 radical (unpaired) electrons. The lowest BCUT2D eigenvalue weighted by molar-refractivity contribution is -0.137. The van der Waals surface area contributed by atoms with Gasteiger partial charge in [0.2, 0.25) is 10.0 Å². The maximum absolute atomic E-state index is 12.7. The highest BCUT2D eigenvalue weighted by atomic mass is 32.2. The Morgan fingerprint density at radius 2 is 1.95 bits per heavy atom. The van der Waals surface area contributed by atoms with Crippen LogP contribution in [0.3, 0.4) is 0 Å². The maximum atomic E-state index is 12.7. The van der Waals surface area contributed by atoms with E-state index in [1.807, 2.05) is 0 Å². The topological polar surface area (TPSA) is 87.2 Å². The van der Waals surface area contributed by atoms with Crippen molar-refractivity contribution in [1.82, 2.24) is 4.31 Å². The molecule has 0 atom stereocenters. The molecule has 5 nitrogen and oxygen atoms in total. The molecule has 1 aromatic rings. The van der Waals surface area contributed by atoms with E-state index in [1.54, 1.807) is 13.8 Å². The molecule has 0 amide bonds. The van der Waals surface area contributed by atoms with Crippen molar-refractivity contribution >= 4 is 15.9 Å². The lowest BCUT2D eigenvalue weighted by Gasteiger charge is -2.25. The molecule has 118 valence electrons. The first-order valence-electron chi connectivity index (χ1n) is 5.98. The summed E-state index contributed by atoms with van der Waals surface area (Å²) < 4.78 is 63.7. The molecule has 3 N–H and O–H groups in total. The molecule has 0 fully saturated rings. The fraction of sp³-hybridized carbons (Fsp3) is 0.417. The summed E-state index contributed by atoms with van der Waals surface area (Å²) in [7, 11) is -4.17. The Labute approximate surface area is 121 Å². The third-order valence-electron chi connectivity index (χ3n) is 2.67. The fourth-order valence-electron chi connectivity index (χ4n) is 1.68. The van der Waals surface area contributed by atoms with Crippen LogP contribution in [-0.2, 0) is 16.2 Å². The first kappa shape index (κ1) is 17.4. The van der Waals surface area contributed by atoms with Gasteiger partial charge in [-0.05, 0) is 32.0 Å². The number of sulfonamides is 1. The predicted octanol–water partition coefficient (Wildman–Crippen LogP) is 2.04. The molecule has 0 aromatic heterocycles. The van der Waals surface area contributed by atoms with Gasteiger partial charge in [0.05, 0.1) is 17.0 Å². The van der Waals surface area contributed by atoms with Gasteiger partial charge in [0.15, 0.2) is 0 Å². The van der Waals surface area contributed by atoms with Crippen molar-refractivity contribution in [2.75, 3.05) is 6.54 Å². The second kappa shape index (κ2) is 6.02. The molecule has 0 spiro atoms. The number of nitrogens with two attached hydrogens (primary N) is 1. The minimum atomic E-state index is -4.63. The first-order chi connectivity index (χ1) is 9.46. The Balaban J connectivity index is 3.32. The van der Waals surface area contributed by atoms with Crippen molar-refractivity contribution in [2.45, 2.75) is 31.0 Å². The van der Waals surface area contributed by atoms with Crippen molar-refractivity contribution in [3.63, 3.8) is 0 Å². The van der Waals surface area contributed by atoms with E-state index < -0.39 is 32.7 Å². The van der Waals surface area contributed by atoms with E-state index in [2.05, 4.69) is 0 Å². The highest BCUT2D eigenvalue weighted by molar-refractivity contribution is 7.89. The van der Waals surface area contributed by atoms with Crippen molar-refractivity contribution in [3.8, 4) is 0 Å². The number of rotatable bonds is 5. The zero-order valence-corrected chi connectivity index (χ0v) is 12.3. The molecule has 1 aromatic carbocycles. The lowest BCUT2D eigenvalue weighted by Crippen LogP contribution is -2.42. The molecule has 0 saturated carbocycles. The van der Waals surface area contributed by atoms with Crippen molar-refractivity contribution < 1.29 is 21.6 Å². The Morgan fingerprint density at radius 1 is 1.38 bits per heavy atom. The van der Waals surface area contributed by atoms with Gasteiger partial charge in [-0.2, -0.15) is 17.5 Å². The zero-order valence-electron chi connectivity index (χ0n) is 11.5. The summed E-state index contributed by atoms with van der Waals surface area (Å²) in [5, 5.41) is 7.19. The quantitative estimate of drug-likeness (QED) is 0.642. The van der Waals surface area contributed by atoms with E-state index in [4.69, 9.17) is 11.1 Å². The van der Waals surface area contributed by atoms with E-state index in [0.717, 1.165) is 22.5 Å². The lowest BCUT2D eigenvalue weighted by atomic mass is 10.2. The van der Waals surface area contributed by atoms with Gasteiger partial charge in [0.25, 0.3) is 0 Å². The maximum Gasteiger partial charge on any atom is 0.416 e. The molecule has 0 aliphatic carbocycles. The van der Waals surface area contributed by atoms with Gasteiger partial charge in [0, 0.05) is 6.04 Å². The predicted molar refractivity (Wildman–Crippen MR) is 72.4 cm³/mol. The van der Waals surface area contributed by atoms with Crippen LogP contribution in [0.4, 0.5) is 13.2 Å². The van der Waals surface area contributed by atoms with Gasteiger partial charge in [0.1, 0.15) is 5.84 Å². The number of hydrogen-bond donors (Lipinski definition) is 2. The summed E-state index contributed by atoms with van der Waals surface area (Å²) in [5.41, 5.74) is 4.16. The smallest absolute Gasteiger partial charge is 0.387 e. The Kier molecular flexibility index (Phi) is 5.00. The summed E-state index contributed by atoms with van der Waals surface area (Å²) in [4.78, 5) is -0.479. The van der Waals surface area contributed by atoms with E-state index >= 15 is 0 Å². The normalized spacial score (nSPS) is 12.9. The summed E-state index contributed by atoms with van der Waals surface area (Å²) in [6.07, 6.45) is -4.63. The van der Waals surface area contributed by atoms with Crippen LogP contribution < -0.4 is 5.73 Å². The van der Waals surface area contributed by atoms with Gasteiger partial charge in [-0.3, -0.25) is 5.41 Å². The number of nitrogens with one attached hydrogen (secondary N) is 1. The van der Waals surface area contributed by atoms with Crippen LogP contribution in [0.1, 0.15) is 19.4 Å². The van der Waals surface area contributed by atoms with Crippen LogP contribution in [0.25, 0.3) is 0 Å². The van der Waals surface area contributed by atoms with E-state index in [1.165, 1.54) is 0 Å². The standard InChI is InChI=1S/C12H16F3N3O2S/c1-8(2)18(7-11(16)17)21(19,20)10-5-3-4-9(6-10)12(13,14)15/h3-6,8H,7H2,1-2H3,(H3,16,17). The van der Waals surface area contributed by atoms with Gasteiger partial charge < -0.3 is 5.73 Å². The second-order valence-corrected chi connectivity index (χ2v) is 6.59. The van der Waals surface area contributed by atoms with Gasteiger partial charge in [-0.1, -0.05) is 6.07 Å². The van der Waals surface area contributed by atoms with E-state index in [0.29, 0.717) is 6.07 Å². The molecule has 21 heavy (non-hydrogen) atoms. The molecule has 0 aliphatic rings. The molecule has 9 heteroatoms. The highest BCUT2D eigenvalue weighted by Crippen LogP contribution is 2.31. The molecule has 0 unspecified atom stereocenters. The number of alkyl halides is 3. The first-order valence-corrected chi connectivity index (χ1v) is 7.42. The number of nitrogens with zero attached hydrogens (tertiary/aromatic N) is 1. The molecule has 0 aliphatic heterocycles. The Hall–Kier alpha value is -1.61. The molecular formula is C12H16F3N3O2S. The van der Waals surface area contributed by atoms with E-state index in [-0.39, 0.29) is 12.4 Å². The largest absolute Gasteiger partial charge is 0.416 e. The average molecular weight is 323 g/mol. The molecule has 0 saturated heterocycles. The highest BCUT2D eigenvalue weighted by Gasteiger charge is 2.33. The van der Waals surface area contributed by atoms with Crippen molar-refractivity contribution in [1.29, 1.82) is 5.41 Å². The van der Waals surface area contributed by atoms with Gasteiger partial charge in [-0.25, -0.2) is 8.42 Å². The summed E-state index contributed by atoms with van der Waals surface area (Å²) in [6, 6.07) is 2.94. The molecule has 1 rings (SSSR count). The molecule has 0 bridgehead atoms. The number of hydrogen-bond acceptors (Lipinski definition) is 3. The van der Waals surface area contributed by atoms with Gasteiger partial charge >= 0.3 is 6.18 Å². The van der Waals surface area contributed by atoms with Crippen molar-refractivity contribution in [3.05, 3.63) is 29.8 Å². The summed E-state index contributed by atoms with van der Waals surface area (Å²) in [6.45, 7) is 2.72. The fourth-order valence-corrected chi connectivity index (χ4v) is 3.34. The minimum absolute atomic E-state index is 0.379. The van der Waals surface area contributed by atoms with Gasteiger partial charge in [-0.15, -0.1) is 0 Å². The Bertz CT molecular complexity index is 627. The van der Waals surface area contributed by atoms with Crippen LogP contribution in [0.15, 0.2) is 29.2 Å². The SMILES string of the molecule is CC(C)N(CC(=N)N)S(=O)(=O)c1cccc(C(F)(F)F)c1. The summed E-state index contributed by atoms with van der Waals surface area (Å²) >= 11 is 0. The third-order valence-corrected chi connectivity index (χ3v) is 4.69. The number of amidine groups is 1. The van der Waals surface area contributed by atoms with Crippen LogP contribution in [-0.4, -0.2) is 31.1 Å². The van der Waals surface area contributed by atoms with Crippen LogP contribution in [0.5, 0.6) is 0 Å². The third kappa shape index (κ3) is 4.18. The van der Waals surface area contributed by atoms with Crippen LogP contribution in [0.2, 0.25) is 0 Å². The monoisotopic (exact) mass is 323 g/mol. The number of halogens is 3. The average Bonchev–Trinajstić information content (AvgIpc) is 2.34. The van der Waals surface area contributed by atoms with Crippen LogP contribution >= 0.6 is 0 Å². The molecular weight excluding hydrogens is 307 g/mol. The van der Waals surface area contributed by atoms with Crippen LogP contribution in [0, 0.1) is 5.41 Å². The van der Waals surface area contributed by atoms with Crippen molar-refractivity contribution in [2.24, 2.45) is 5.73 Å². The molecule has 0 heterocycles. The Morgan fingerprint density at radius 3 is 2.38 bits per heavy atom. The second-order valence-electron chi connectivity index (χ2n) is 4.69.